The number of halogens is 1. The second kappa shape index (κ2) is 9.68. The molecule has 0 aliphatic heterocycles. The Hall–Kier alpha value is -2.98. The second-order valence-electron chi connectivity index (χ2n) is 6.28. The number of rotatable bonds is 8. The number of carbonyl (C=O) groups excluding carboxylic acids is 1. The molecule has 2 N–H and O–H groups in total. The Morgan fingerprint density at radius 1 is 1.10 bits per heavy atom. The highest BCUT2D eigenvalue weighted by Crippen LogP contribution is 2.21. The molecule has 2 aromatic carbocycles. The van der Waals surface area contributed by atoms with Crippen molar-refractivity contribution in [1.29, 1.82) is 0 Å². The number of carbonyl (C=O) groups is 1. The van der Waals surface area contributed by atoms with Crippen molar-refractivity contribution in [2.45, 2.75) is 23.8 Å². The largest absolute Gasteiger partial charge is 0.339 e. The summed E-state index contributed by atoms with van der Waals surface area (Å²) < 4.78 is 6.19. The van der Waals surface area contributed by atoms with Crippen LogP contribution in [0.5, 0.6) is 0 Å². The SMILES string of the molecule is O=C(CCc1nc(CSc2n[nH]c(-c3ccccc3)n2)no1)Nc1ccc(Br)cc1. The molecular formula is C20H17BrN6O2S. The Kier molecular flexibility index (Phi) is 6.55. The molecule has 0 aliphatic rings. The van der Waals surface area contributed by atoms with Gasteiger partial charge in [0.05, 0.1) is 5.75 Å². The minimum Gasteiger partial charge on any atom is -0.339 e. The lowest BCUT2D eigenvalue weighted by Crippen LogP contribution is -2.12. The standard InChI is InChI=1S/C20H17BrN6O2S/c21-14-6-8-15(9-7-14)22-17(28)10-11-18-23-16(27-29-18)12-30-20-24-19(25-26-20)13-4-2-1-3-5-13/h1-9H,10-12H2,(H,22,28)(H,24,25,26). The molecule has 0 spiro atoms. The van der Waals surface area contributed by atoms with Crippen molar-refractivity contribution in [2.24, 2.45) is 0 Å². The predicted octanol–water partition coefficient (Wildman–Crippen LogP) is 4.48. The van der Waals surface area contributed by atoms with Crippen molar-refractivity contribution >= 4 is 39.3 Å². The van der Waals surface area contributed by atoms with Gasteiger partial charge in [-0.2, -0.15) is 4.98 Å². The van der Waals surface area contributed by atoms with E-state index in [1.807, 2.05) is 54.6 Å². The maximum atomic E-state index is 12.1. The fourth-order valence-corrected chi connectivity index (χ4v) is 3.50. The summed E-state index contributed by atoms with van der Waals surface area (Å²) in [7, 11) is 0. The first-order valence-corrected chi connectivity index (χ1v) is 10.9. The highest BCUT2D eigenvalue weighted by molar-refractivity contribution is 9.10. The van der Waals surface area contributed by atoms with Gasteiger partial charge in [0.15, 0.2) is 11.6 Å². The molecule has 0 atom stereocenters. The summed E-state index contributed by atoms with van der Waals surface area (Å²) in [6.07, 6.45) is 0.630. The zero-order chi connectivity index (χ0) is 20.8. The summed E-state index contributed by atoms with van der Waals surface area (Å²) in [5.74, 6) is 2.04. The highest BCUT2D eigenvalue weighted by Gasteiger charge is 2.12. The molecule has 0 unspecified atom stereocenters. The minimum atomic E-state index is -0.111. The van der Waals surface area contributed by atoms with Crippen molar-refractivity contribution in [3.05, 3.63) is 70.8 Å². The number of anilines is 1. The maximum absolute atomic E-state index is 12.1. The van der Waals surface area contributed by atoms with Crippen LogP contribution in [0.15, 0.2) is 68.7 Å². The topological polar surface area (TPSA) is 110 Å². The van der Waals surface area contributed by atoms with Crippen LogP contribution >= 0.6 is 27.7 Å². The summed E-state index contributed by atoms with van der Waals surface area (Å²) in [5.41, 5.74) is 1.72. The van der Waals surface area contributed by atoms with Gasteiger partial charge in [-0.15, -0.1) is 5.10 Å². The Bertz CT molecular complexity index is 1110. The van der Waals surface area contributed by atoms with E-state index in [0.29, 0.717) is 34.9 Å². The first-order chi connectivity index (χ1) is 14.7. The fourth-order valence-electron chi connectivity index (χ4n) is 2.59. The van der Waals surface area contributed by atoms with E-state index >= 15 is 0 Å². The lowest BCUT2D eigenvalue weighted by Gasteiger charge is -2.03. The van der Waals surface area contributed by atoms with Crippen LogP contribution in [0, 0.1) is 0 Å². The number of nitrogens with zero attached hydrogens (tertiary/aromatic N) is 4. The molecular weight excluding hydrogens is 468 g/mol. The number of hydrogen-bond acceptors (Lipinski definition) is 7. The van der Waals surface area contributed by atoms with Crippen molar-refractivity contribution in [3.8, 4) is 11.4 Å². The first-order valence-electron chi connectivity index (χ1n) is 9.13. The van der Waals surface area contributed by atoms with Gasteiger partial charge in [-0.25, -0.2) is 4.98 Å². The number of hydrogen-bond donors (Lipinski definition) is 2. The maximum Gasteiger partial charge on any atom is 0.227 e. The van der Waals surface area contributed by atoms with E-state index in [1.165, 1.54) is 11.8 Å². The third kappa shape index (κ3) is 5.55. The van der Waals surface area contributed by atoms with Gasteiger partial charge in [0.1, 0.15) is 0 Å². The molecule has 0 saturated carbocycles. The summed E-state index contributed by atoms with van der Waals surface area (Å²) in [6, 6.07) is 17.2. The third-order valence-electron chi connectivity index (χ3n) is 4.05. The minimum absolute atomic E-state index is 0.111. The van der Waals surface area contributed by atoms with Crippen molar-refractivity contribution in [1.82, 2.24) is 25.3 Å². The summed E-state index contributed by atoms with van der Waals surface area (Å²) >= 11 is 4.77. The Morgan fingerprint density at radius 3 is 2.70 bits per heavy atom. The number of amides is 1. The average molecular weight is 485 g/mol. The van der Waals surface area contributed by atoms with Gasteiger partial charge >= 0.3 is 0 Å². The van der Waals surface area contributed by atoms with Crippen molar-refractivity contribution in [3.63, 3.8) is 0 Å². The number of H-pyrrole nitrogens is 1. The van der Waals surface area contributed by atoms with E-state index in [0.717, 1.165) is 15.7 Å². The Balaban J connectivity index is 1.25. The monoisotopic (exact) mass is 484 g/mol. The molecule has 0 bridgehead atoms. The number of benzene rings is 2. The number of aryl methyl sites for hydroxylation is 1. The molecule has 4 rings (SSSR count). The van der Waals surface area contributed by atoms with Crippen molar-refractivity contribution in [2.75, 3.05) is 5.32 Å². The molecule has 2 heterocycles. The molecule has 4 aromatic rings. The van der Waals surface area contributed by atoms with E-state index in [4.69, 9.17) is 4.52 Å². The van der Waals surface area contributed by atoms with Gasteiger partial charge in [0, 0.05) is 28.6 Å². The Morgan fingerprint density at radius 2 is 1.90 bits per heavy atom. The van der Waals surface area contributed by atoms with Gasteiger partial charge in [0.25, 0.3) is 0 Å². The van der Waals surface area contributed by atoms with Gasteiger partial charge in [-0.1, -0.05) is 63.2 Å². The molecule has 0 radical (unpaired) electrons. The quantitative estimate of drug-likeness (QED) is 0.354. The van der Waals surface area contributed by atoms with Crippen LogP contribution in [0.25, 0.3) is 11.4 Å². The highest BCUT2D eigenvalue weighted by atomic mass is 79.9. The van der Waals surface area contributed by atoms with Crippen LogP contribution < -0.4 is 5.32 Å². The Labute approximate surface area is 185 Å². The van der Waals surface area contributed by atoms with Crippen LogP contribution in [-0.4, -0.2) is 31.2 Å². The molecule has 8 nitrogen and oxygen atoms in total. The van der Waals surface area contributed by atoms with E-state index in [1.54, 1.807) is 0 Å². The molecule has 30 heavy (non-hydrogen) atoms. The summed E-state index contributed by atoms with van der Waals surface area (Å²) in [5, 5.41) is 14.5. The molecule has 0 fully saturated rings. The molecule has 10 heteroatoms. The number of aromatic amines is 1. The fraction of sp³-hybridized carbons (Fsp3) is 0.150. The lowest BCUT2D eigenvalue weighted by molar-refractivity contribution is -0.116. The third-order valence-corrected chi connectivity index (χ3v) is 5.42. The van der Waals surface area contributed by atoms with Crippen LogP contribution in [0.4, 0.5) is 5.69 Å². The number of aromatic nitrogens is 5. The average Bonchev–Trinajstić information content (AvgIpc) is 3.43. The molecule has 0 aliphatic carbocycles. The van der Waals surface area contributed by atoms with Crippen LogP contribution in [0.1, 0.15) is 18.1 Å². The molecule has 0 saturated heterocycles. The van der Waals surface area contributed by atoms with E-state index in [2.05, 4.69) is 46.6 Å². The van der Waals surface area contributed by atoms with Gasteiger partial charge < -0.3 is 9.84 Å². The first kappa shape index (κ1) is 20.3. The molecule has 2 aromatic heterocycles. The van der Waals surface area contributed by atoms with E-state index in [9.17, 15) is 4.79 Å². The summed E-state index contributed by atoms with van der Waals surface area (Å²) in [6.45, 7) is 0. The van der Waals surface area contributed by atoms with Gasteiger partial charge in [0.2, 0.25) is 17.0 Å². The zero-order valence-corrected chi connectivity index (χ0v) is 18.1. The lowest BCUT2D eigenvalue weighted by atomic mass is 10.2. The zero-order valence-electron chi connectivity index (χ0n) is 15.7. The number of thioether (sulfide) groups is 1. The molecule has 152 valence electrons. The van der Waals surface area contributed by atoms with Crippen LogP contribution in [-0.2, 0) is 17.0 Å². The summed E-state index contributed by atoms with van der Waals surface area (Å²) in [4.78, 5) is 20.9. The number of nitrogens with one attached hydrogen (secondary N) is 2. The predicted molar refractivity (Wildman–Crippen MR) is 117 cm³/mol. The van der Waals surface area contributed by atoms with Crippen molar-refractivity contribution < 1.29 is 9.32 Å². The van der Waals surface area contributed by atoms with Crippen LogP contribution in [0.2, 0.25) is 0 Å². The van der Waals surface area contributed by atoms with Gasteiger partial charge in [-0.3, -0.25) is 9.89 Å². The normalized spacial score (nSPS) is 10.8. The van der Waals surface area contributed by atoms with Crippen LogP contribution in [0.3, 0.4) is 0 Å². The van der Waals surface area contributed by atoms with E-state index in [-0.39, 0.29) is 12.3 Å². The smallest absolute Gasteiger partial charge is 0.227 e. The van der Waals surface area contributed by atoms with Gasteiger partial charge in [-0.05, 0) is 24.3 Å². The van der Waals surface area contributed by atoms with E-state index < -0.39 is 0 Å². The second-order valence-corrected chi connectivity index (χ2v) is 8.14. The molecule has 1 amide bonds.